The lowest BCUT2D eigenvalue weighted by atomic mass is 9.79. The number of likely N-dealkylation sites (tertiary alicyclic amines) is 1. The molecule has 1 N–H and O–H groups in total. The summed E-state index contributed by atoms with van der Waals surface area (Å²) >= 11 is 0. The summed E-state index contributed by atoms with van der Waals surface area (Å²) in [4.78, 5) is 19.5. The number of para-hydroxylation sites is 1. The molecule has 6 heteroatoms. The summed E-state index contributed by atoms with van der Waals surface area (Å²) in [6.45, 7) is 2.48. The maximum absolute atomic E-state index is 12.6. The molecule has 1 amide bonds. The van der Waals surface area contributed by atoms with Crippen molar-refractivity contribution in [1.29, 1.82) is 0 Å². The first kappa shape index (κ1) is 22.2. The molecule has 2 atom stereocenters. The Morgan fingerprint density at radius 2 is 2.03 bits per heavy atom. The van der Waals surface area contributed by atoms with Crippen molar-refractivity contribution < 1.29 is 14.3 Å². The van der Waals surface area contributed by atoms with Gasteiger partial charge in [-0.1, -0.05) is 24.6 Å². The third-order valence-electron chi connectivity index (χ3n) is 7.63. The lowest BCUT2D eigenvalue weighted by Gasteiger charge is -2.35. The molecule has 1 aromatic carbocycles. The minimum atomic E-state index is -0.248. The highest BCUT2D eigenvalue weighted by Gasteiger charge is 2.48. The molecule has 1 aromatic heterocycles. The molecule has 3 fully saturated rings. The van der Waals surface area contributed by atoms with Crippen molar-refractivity contribution in [3.05, 3.63) is 53.9 Å². The Morgan fingerprint density at radius 3 is 2.82 bits per heavy atom. The molecular formula is C27H35N3O3. The number of carbonyl (C=O) groups excluding carboxylic acids is 1. The van der Waals surface area contributed by atoms with E-state index in [9.17, 15) is 4.79 Å². The lowest BCUT2D eigenvalue weighted by molar-refractivity contribution is -0.122. The first-order chi connectivity index (χ1) is 16.2. The Labute approximate surface area is 196 Å². The molecule has 5 rings (SSSR count). The summed E-state index contributed by atoms with van der Waals surface area (Å²) in [7, 11) is 1.71. The van der Waals surface area contributed by atoms with Gasteiger partial charge in [-0.3, -0.25) is 14.7 Å². The fraction of sp³-hybridized carbons (Fsp3) is 0.556. The zero-order valence-corrected chi connectivity index (χ0v) is 19.6. The van der Waals surface area contributed by atoms with Crippen molar-refractivity contribution in [1.82, 2.24) is 15.2 Å². The van der Waals surface area contributed by atoms with Crippen molar-refractivity contribution in [3.8, 4) is 11.5 Å². The molecule has 1 saturated carbocycles. The average molecular weight is 450 g/mol. The molecule has 33 heavy (non-hydrogen) atoms. The number of rotatable bonds is 6. The van der Waals surface area contributed by atoms with Gasteiger partial charge in [-0.15, -0.1) is 0 Å². The van der Waals surface area contributed by atoms with Crippen LogP contribution in [0.1, 0.15) is 68.4 Å². The predicted molar refractivity (Wildman–Crippen MR) is 127 cm³/mol. The Bertz CT molecular complexity index is 960. The van der Waals surface area contributed by atoms with Crippen LogP contribution in [0, 0.1) is 0 Å². The van der Waals surface area contributed by atoms with Crippen LogP contribution in [0.15, 0.2) is 42.7 Å². The standard InChI is InChI=1S/C27H35N3O3/c1-32-24-12-6-8-21(26(24)33-22-10-2-3-11-22)17-30-18-23(20-9-7-15-28-16-20)27(19-30)14-5-4-13-25(31)29-27/h6-9,12,15-16,22-23H,2-5,10-11,13-14,17-19H2,1H3,(H,29,31)/t23-,27+/m0/s1. The van der Waals surface area contributed by atoms with Crippen LogP contribution >= 0.6 is 0 Å². The number of nitrogens with one attached hydrogen (secondary N) is 1. The molecule has 1 aliphatic carbocycles. The molecule has 2 aliphatic heterocycles. The van der Waals surface area contributed by atoms with E-state index < -0.39 is 0 Å². The van der Waals surface area contributed by atoms with Gasteiger partial charge in [-0.05, 0) is 56.2 Å². The molecule has 3 aliphatic rings. The maximum atomic E-state index is 12.6. The smallest absolute Gasteiger partial charge is 0.220 e. The molecule has 2 aromatic rings. The molecule has 176 valence electrons. The van der Waals surface area contributed by atoms with Gasteiger partial charge in [-0.2, -0.15) is 0 Å². The van der Waals surface area contributed by atoms with Gasteiger partial charge in [0.25, 0.3) is 0 Å². The van der Waals surface area contributed by atoms with E-state index in [2.05, 4.69) is 27.3 Å². The Hall–Kier alpha value is -2.60. The first-order valence-corrected chi connectivity index (χ1v) is 12.4. The number of carbonyl (C=O) groups is 1. The van der Waals surface area contributed by atoms with Gasteiger partial charge in [0.1, 0.15) is 0 Å². The molecule has 1 spiro atoms. The normalized spacial score (nSPS) is 26.3. The minimum absolute atomic E-state index is 0.176. The summed E-state index contributed by atoms with van der Waals surface area (Å²) in [5.74, 6) is 2.09. The van der Waals surface area contributed by atoms with E-state index in [0.717, 1.165) is 68.8 Å². The van der Waals surface area contributed by atoms with Gasteiger partial charge in [-0.25, -0.2) is 0 Å². The topological polar surface area (TPSA) is 63.7 Å². The highest BCUT2D eigenvalue weighted by Crippen LogP contribution is 2.42. The SMILES string of the molecule is COc1cccc(CN2C[C@@H](c3cccnc3)[C@@]3(CCCCC(=O)N3)C2)c1OC1CCCC1. The first-order valence-electron chi connectivity index (χ1n) is 12.4. The lowest BCUT2D eigenvalue weighted by Crippen LogP contribution is -2.52. The zero-order chi connectivity index (χ0) is 22.7. The van der Waals surface area contributed by atoms with Crippen LogP contribution < -0.4 is 14.8 Å². The Morgan fingerprint density at radius 1 is 1.15 bits per heavy atom. The van der Waals surface area contributed by atoms with E-state index >= 15 is 0 Å². The zero-order valence-electron chi connectivity index (χ0n) is 19.6. The van der Waals surface area contributed by atoms with Crippen molar-refractivity contribution in [3.63, 3.8) is 0 Å². The number of nitrogens with zero attached hydrogens (tertiary/aromatic N) is 2. The second-order valence-electron chi connectivity index (χ2n) is 9.89. The van der Waals surface area contributed by atoms with Gasteiger partial charge in [0.05, 0.1) is 18.8 Å². The van der Waals surface area contributed by atoms with E-state index in [1.807, 2.05) is 30.6 Å². The van der Waals surface area contributed by atoms with Crippen LogP contribution in [0.2, 0.25) is 0 Å². The van der Waals surface area contributed by atoms with Crippen molar-refractivity contribution in [2.45, 2.75) is 75.5 Å². The maximum Gasteiger partial charge on any atom is 0.220 e. The summed E-state index contributed by atoms with van der Waals surface area (Å²) in [6.07, 6.45) is 12.4. The number of ether oxygens (including phenoxy) is 2. The van der Waals surface area contributed by atoms with Crippen LogP contribution in [0.25, 0.3) is 0 Å². The van der Waals surface area contributed by atoms with Crippen LogP contribution in [0.5, 0.6) is 11.5 Å². The molecule has 0 bridgehead atoms. The average Bonchev–Trinajstić information content (AvgIpc) is 3.41. The summed E-state index contributed by atoms with van der Waals surface area (Å²) in [5.41, 5.74) is 2.11. The van der Waals surface area contributed by atoms with Crippen molar-refractivity contribution in [2.24, 2.45) is 0 Å². The number of hydrogen-bond donors (Lipinski definition) is 1. The predicted octanol–water partition coefficient (Wildman–Crippen LogP) is 4.44. The van der Waals surface area contributed by atoms with Crippen LogP contribution in [-0.4, -0.2) is 47.6 Å². The van der Waals surface area contributed by atoms with Gasteiger partial charge in [0.15, 0.2) is 11.5 Å². The van der Waals surface area contributed by atoms with Gasteiger partial charge in [0, 0.05) is 49.9 Å². The van der Waals surface area contributed by atoms with E-state index in [1.165, 1.54) is 18.4 Å². The summed E-state index contributed by atoms with van der Waals surface area (Å²) in [5, 5.41) is 3.45. The monoisotopic (exact) mass is 449 g/mol. The summed E-state index contributed by atoms with van der Waals surface area (Å²) in [6, 6.07) is 10.3. The highest BCUT2D eigenvalue weighted by atomic mass is 16.5. The molecule has 3 heterocycles. The largest absolute Gasteiger partial charge is 0.493 e. The van der Waals surface area contributed by atoms with Crippen LogP contribution in [0.3, 0.4) is 0 Å². The number of benzene rings is 1. The van der Waals surface area contributed by atoms with E-state index in [0.29, 0.717) is 6.42 Å². The Kier molecular flexibility index (Phi) is 6.54. The molecule has 0 radical (unpaired) electrons. The fourth-order valence-electron chi connectivity index (χ4n) is 6.04. The molecule has 0 unspecified atom stereocenters. The second-order valence-corrected chi connectivity index (χ2v) is 9.89. The number of amides is 1. The minimum Gasteiger partial charge on any atom is -0.493 e. The molecular weight excluding hydrogens is 414 g/mol. The summed E-state index contributed by atoms with van der Waals surface area (Å²) < 4.78 is 12.2. The van der Waals surface area contributed by atoms with Crippen molar-refractivity contribution >= 4 is 5.91 Å². The number of aromatic nitrogens is 1. The van der Waals surface area contributed by atoms with Crippen molar-refractivity contribution in [2.75, 3.05) is 20.2 Å². The second kappa shape index (κ2) is 9.72. The van der Waals surface area contributed by atoms with Crippen LogP contribution in [0.4, 0.5) is 0 Å². The Balaban J connectivity index is 1.43. The van der Waals surface area contributed by atoms with Crippen LogP contribution in [-0.2, 0) is 11.3 Å². The van der Waals surface area contributed by atoms with E-state index in [-0.39, 0.29) is 23.5 Å². The van der Waals surface area contributed by atoms with Gasteiger partial charge < -0.3 is 14.8 Å². The third-order valence-corrected chi connectivity index (χ3v) is 7.63. The highest BCUT2D eigenvalue weighted by molar-refractivity contribution is 5.77. The van der Waals surface area contributed by atoms with E-state index in [1.54, 1.807) is 7.11 Å². The fourth-order valence-corrected chi connectivity index (χ4v) is 6.04. The number of pyridine rings is 1. The van der Waals surface area contributed by atoms with Gasteiger partial charge in [0.2, 0.25) is 5.91 Å². The quantitative estimate of drug-likeness (QED) is 0.706. The molecule has 2 saturated heterocycles. The molecule has 6 nitrogen and oxygen atoms in total. The number of methoxy groups -OCH3 is 1. The van der Waals surface area contributed by atoms with E-state index in [4.69, 9.17) is 9.47 Å². The third kappa shape index (κ3) is 4.72. The number of hydrogen-bond acceptors (Lipinski definition) is 5. The van der Waals surface area contributed by atoms with Gasteiger partial charge >= 0.3 is 0 Å².